The highest BCUT2D eigenvalue weighted by molar-refractivity contribution is 5.73. The number of nitrogens with zero attached hydrogens (tertiary/aromatic N) is 1. The summed E-state index contributed by atoms with van der Waals surface area (Å²) in [5, 5.41) is 7.12. The summed E-state index contributed by atoms with van der Waals surface area (Å²) < 4.78 is 43.2. The summed E-state index contributed by atoms with van der Waals surface area (Å²) in [6.45, 7) is 7.36. The van der Waals surface area contributed by atoms with Gasteiger partial charge in [0.2, 0.25) is 0 Å². The van der Waals surface area contributed by atoms with Gasteiger partial charge in [0.15, 0.2) is 0 Å². The van der Waals surface area contributed by atoms with Gasteiger partial charge in [-0.1, -0.05) is 29.3 Å². The molecule has 0 amide bonds. The maximum absolute atomic E-state index is 10.6. The van der Waals surface area contributed by atoms with E-state index in [0.29, 0.717) is 6.04 Å². The summed E-state index contributed by atoms with van der Waals surface area (Å²) in [7, 11) is 1.81. The van der Waals surface area contributed by atoms with Crippen LogP contribution in [0.1, 0.15) is 29.5 Å². The number of halogens is 3. The SMILES string of the molecule is CO[C@H]1CCN(Cc2cc(C)cc(C)c2)[C@H]2CCO[C@H]12.O=C(O)C(F)(F)F. The molecule has 27 heavy (non-hydrogen) atoms. The first-order valence-electron chi connectivity index (χ1n) is 8.87. The highest BCUT2D eigenvalue weighted by atomic mass is 19.4. The van der Waals surface area contributed by atoms with Crippen molar-refractivity contribution in [1.29, 1.82) is 0 Å². The average molecular weight is 389 g/mol. The number of benzene rings is 1. The molecule has 2 aliphatic rings. The molecule has 0 unspecified atom stereocenters. The van der Waals surface area contributed by atoms with Crippen LogP contribution in [0.4, 0.5) is 13.2 Å². The van der Waals surface area contributed by atoms with Gasteiger partial charge in [-0.3, -0.25) is 4.90 Å². The Balaban J connectivity index is 0.000000321. The summed E-state index contributed by atoms with van der Waals surface area (Å²) in [5.74, 6) is -2.76. The number of rotatable bonds is 3. The third-order valence-electron chi connectivity index (χ3n) is 4.85. The molecule has 1 aromatic rings. The average Bonchev–Trinajstić information content (AvgIpc) is 3.04. The van der Waals surface area contributed by atoms with E-state index in [1.807, 2.05) is 7.11 Å². The number of carboxylic acids is 1. The molecule has 152 valence electrons. The first-order valence-corrected chi connectivity index (χ1v) is 8.87. The zero-order chi connectivity index (χ0) is 20.2. The number of methoxy groups -OCH3 is 1. The van der Waals surface area contributed by atoms with Crippen molar-refractivity contribution in [2.45, 2.75) is 57.7 Å². The molecule has 0 saturated carbocycles. The lowest BCUT2D eigenvalue weighted by atomic mass is 9.94. The Hall–Kier alpha value is -1.64. The minimum Gasteiger partial charge on any atom is -0.475 e. The molecule has 1 aromatic carbocycles. The number of likely N-dealkylation sites (tertiary alicyclic amines) is 1. The number of carbonyl (C=O) groups is 1. The monoisotopic (exact) mass is 389 g/mol. The number of carboxylic acid groups (broad SMARTS) is 1. The Morgan fingerprint density at radius 2 is 1.85 bits per heavy atom. The summed E-state index contributed by atoms with van der Waals surface area (Å²) in [6.07, 6.45) is -2.34. The van der Waals surface area contributed by atoms with Crippen LogP contribution in [-0.4, -0.2) is 60.7 Å². The number of aliphatic carboxylic acids is 1. The van der Waals surface area contributed by atoms with Crippen LogP contribution in [-0.2, 0) is 20.8 Å². The highest BCUT2D eigenvalue weighted by Gasteiger charge is 2.42. The van der Waals surface area contributed by atoms with Crippen molar-refractivity contribution >= 4 is 5.97 Å². The number of fused-ring (bicyclic) bond motifs is 1. The number of piperidine rings is 1. The molecular formula is C19H26F3NO4. The normalized spacial score (nSPS) is 25.5. The van der Waals surface area contributed by atoms with E-state index in [1.54, 1.807) is 0 Å². The van der Waals surface area contributed by atoms with Crippen molar-refractivity contribution in [3.8, 4) is 0 Å². The maximum Gasteiger partial charge on any atom is 0.490 e. The van der Waals surface area contributed by atoms with Crippen LogP contribution in [0.25, 0.3) is 0 Å². The summed E-state index contributed by atoms with van der Waals surface area (Å²) in [6, 6.07) is 7.37. The third kappa shape index (κ3) is 5.92. The third-order valence-corrected chi connectivity index (χ3v) is 4.85. The van der Waals surface area contributed by atoms with Crippen LogP contribution >= 0.6 is 0 Å². The van der Waals surface area contributed by atoms with Gasteiger partial charge in [0.25, 0.3) is 0 Å². The van der Waals surface area contributed by atoms with E-state index in [0.717, 1.165) is 32.5 Å². The van der Waals surface area contributed by atoms with Crippen LogP contribution in [0.2, 0.25) is 0 Å². The lowest BCUT2D eigenvalue weighted by molar-refractivity contribution is -0.192. The lowest BCUT2D eigenvalue weighted by Gasteiger charge is -2.40. The molecule has 2 saturated heterocycles. The van der Waals surface area contributed by atoms with E-state index in [-0.39, 0.29) is 12.2 Å². The molecule has 8 heteroatoms. The van der Waals surface area contributed by atoms with Gasteiger partial charge in [-0.25, -0.2) is 4.79 Å². The van der Waals surface area contributed by atoms with Crippen molar-refractivity contribution < 1.29 is 32.5 Å². The Kier molecular flexibility index (Phi) is 7.25. The molecule has 0 bridgehead atoms. The predicted octanol–water partition coefficient (Wildman–Crippen LogP) is 3.31. The number of hydrogen-bond acceptors (Lipinski definition) is 4. The van der Waals surface area contributed by atoms with Crippen LogP contribution in [0.5, 0.6) is 0 Å². The van der Waals surface area contributed by atoms with Crippen molar-refractivity contribution in [1.82, 2.24) is 4.90 Å². The topological polar surface area (TPSA) is 59.0 Å². The Morgan fingerprint density at radius 3 is 2.37 bits per heavy atom. The minimum absolute atomic E-state index is 0.264. The predicted molar refractivity (Wildman–Crippen MR) is 93.6 cm³/mol. The van der Waals surface area contributed by atoms with E-state index in [4.69, 9.17) is 19.4 Å². The van der Waals surface area contributed by atoms with Gasteiger partial charge in [0.1, 0.15) is 0 Å². The molecule has 5 nitrogen and oxygen atoms in total. The van der Waals surface area contributed by atoms with Crippen molar-refractivity contribution in [3.63, 3.8) is 0 Å². The van der Waals surface area contributed by atoms with Crippen LogP contribution < -0.4 is 0 Å². The fourth-order valence-corrected chi connectivity index (χ4v) is 3.81. The van der Waals surface area contributed by atoms with Crippen molar-refractivity contribution in [2.24, 2.45) is 0 Å². The van der Waals surface area contributed by atoms with Crippen molar-refractivity contribution in [2.75, 3.05) is 20.3 Å². The number of aryl methyl sites for hydroxylation is 2. The van der Waals surface area contributed by atoms with Crippen LogP contribution in [0.15, 0.2) is 18.2 Å². The van der Waals surface area contributed by atoms with Gasteiger partial charge in [-0.2, -0.15) is 13.2 Å². The van der Waals surface area contributed by atoms with Crippen molar-refractivity contribution in [3.05, 3.63) is 34.9 Å². The van der Waals surface area contributed by atoms with Crippen LogP contribution in [0.3, 0.4) is 0 Å². The first-order chi connectivity index (χ1) is 12.6. The molecule has 2 fully saturated rings. The van der Waals surface area contributed by atoms with Crippen LogP contribution in [0, 0.1) is 13.8 Å². The highest BCUT2D eigenvalue weighted by Crippen LogP contribution is 2.31. The smallest absolute Gasteiger partial charge is 0.475 e. The van der Waals surface area contributed by atoms with E-state index < -0.39 is 12.1 Å². The first kappa shape index (κ1) is 21.7. The fourth-order valence-electron chi connectivity index (χ4n) is 3.81. The Labute approximate surface area is 157 Å². The maximum atomic E-state index is 10.6. The van der Waals surface area contributed by atoms with Gasteiger partial charge < -0.3 is 14.6 Å². The second kappa shape index (κ2) is 9.03. The lowest BCUT2D eigenvalue weighted by Crippen LogP contribution is -2.52. The quantitative estimate of drug-likeness (QED) is 0.860. The fraction of sp³-hybridized carbons (Fsp3) is 0.632. The minimum atomic E-state index is -5.08. The summed E-state index contributed by atoms with van der Waals surface area (Å²) in [5.41, 5.74) is 4.13. The van der Waals surface area contributed by atoms with E-state index >= 15 is 0 Å². The molecular weight excluding hydrogens is 363 g/mol. The molecule has 0 aliphatic carbocycles. The van der Waals surface area contributed by atoms with Gasteiger partial charge in [0, 0.05) is 32.8 Å². The summed E-state index contributed by atoms with van der Waals surface area (Å²) in [4.78, 5) is 11.5. The second-order valence-corrected chi connectivity index (χ2v) is 7.02. The zero-order valence-corrected chi connectivity index (χ0v) is 15.8. The molecule has 3 rings (SSSR count). The van der Waals surface area contributed by atoms with Gasteiger partial charge in [-0.05, 0) is 32.3 Å². The molecule has 0 radical (unpaired) electrons. The molecule has 2 aliphatic heterocycles. The molecule has 0 spiro atoms. The second-order valence-electron chi connectivity index (χ2n) is 7.02. The largest absolute Gasteiger partial charge is 0.490 e. The zero-order valence-electron chi connectivity index (χ0n) is 15.8. The van der Waals surface area contributed by atoms with E-state index in [9.17, 15) is 13.2 Å². The molecule has 0 aromatic heterocycles. The standard InChI is InChI=1S/C17H25NO2.C2HF3O2/c1-12-8-13(2)10-14(9-12)11-18-6-4-16(19-3)17-15(18)5-7-20-17;3-2(4,5)1(6)7/h8-10,15-17H,4-7,11H2,1-3H3;(H,6,7)/t15-,16-,17-;/m0./s1. The van der Waals surface area contributed by atoms with E-state index in [1.165, 1.54) is 16.7 Å². The number of hydrogen-bond donors (Lipinski definition) is 1. The number of alkyl halides is 3. The molecule has 3 atom stereocenters. The molecule has 2 heterocycles. The van der Waals surface area contributed by atoms with E-state index in [2.05, 4.69) is 36.9 Å². The number of ether oxygens (including phenoxy) is 2. The Morgan fingerprint density at radius 1 is 1.26 bits per heavy atom. The Bertz CT molecular complexity index is 630. The van der Waals surface area contributed by atoms with Gasteiger partial charge in [-0.15, -0.1) is 0 Å². The van der Waals surface area contributed by atoms with Gasteiger partial charge >= 0.3 is 12.1 Å². The molecule has 1 N–H and O–H groups in total. The summed E-state index contributed by atoms with van der Waals surface area (Å²) >= 11 is 0. The van der Waals surface area contributed by atoms with Gasteiger partial charge in [0.05, 0.1) is 12.2 Å².